The van der Waals surface area contributed by atoms with Crippen molar-refractivity contribution >= 4 is 18.0 Å². The van der Waals surface area contributed by atoms with E-state index in [-0.39, 0.29) is 11.1 Å². The second kappa shape index (κ2) is 5.65. The Bertz CT molecular complexity index is 483. The van der Waals surface area contributed by atoms with Crippen LogP contribution in [0.2, 0.25) is 0 Å². The molecular weight excluding hydrogens is 220 g/mol. The molecule has 4 heteroatoms. The maximum absolute atomic E-state index is 10.9. The molecule has 0 bridgehead atoms. The molecule has 0 unspecified atom stereocenters. The molecule has 4 nitrogen and oxygen atoms in total. The molecule has 0 amide bonds. The zero-order valence-corrected chi connectivity index (χ0v) is 9.25. The maximum atomic E-state index is 10.9. The fourth-order valence-electron chi connectivity index (χ4n) is 1.22. The molecule has 0 aliphatic carbocycles. The standard InChI is InChI=1S/C13H12O4/c1-9(12(14)15)11(13(16)17)8-7-10-5-3-2-4-6-10/h2-8H,1H3,(H,14,15)(H,16,17)/b8-7?,11-9-. The molecule has 0 aliphatic heterocycles. The Labute approximate surface area is 98.5 Å². The van der Waals surface area contributed by atoms with Gasteiger partial charge in [-0.2, -0.15) is 0 Å². The van der Waals surface area contributed by atoms with Crippen molar-refractivity contribution in [3.05, 3.63) is 53.1 Å². The minimum atomic E-state index is -1.25. The fourth-order valence-corrected chi connectivity index (χ4v) is 1.22. The lowest BCUT2D eigenvalue weighted by Gasteiger charge is -1.99. The lowest BCUT2D eigenvalue weighted by atomic mass is 10.1. The molecule has 17 heavy (non-hydrogen) atoms. The molecule has 0 atom stereocenters. The summed E-state index contributed by atoms with van der Waals surface area (Å²) in [6.07, 6.45) is 2.86. The van der Waals surface area contributed by atoms with Crippen molar-refractivity contribution in [2.75, 3.05) is 0 Å². The lowest BCUT2D eigenvalue weighted by Crippen LogP contribution is -2.07. The molecule has 0 saturated heterocycles. The Balaban J connectivity index is 3.05. The molecule has 1 aromatic rings. The predicted octanol–water partition coefficient (Wildman–Crippen LogP) is 2.19. The van der Waals surface area contributed by atoms with E-state index in [1.165, 1.54) is 13.0 Å². The molecule has 0 fully saturated rings. The zero-order valence-electron chi connectivity index (χ0n) is 9.25. The highest BCUT2D eigenvalue weighted by Gasteiger charge is 2.12. The summed E-state index contributed by atoms with van der Waals surface area (Å²) in [5.41, 5.74) is 0.399. The van der Waals surface area contributed by atoms with Gasteiger partial charge < -0.3 is 10.2 Å². The van der Waals surface area contributed by atoms with Gasteiger partial charge in [-0.15, -0.1) is 0 Å². The van der Waals surface area contributed by atoms with E-state index >= 15 is 0 Å². The molecule has 0 saturated carbocycles. The molecule has 0 radical (unpaired) electrons. The average Bonchev–Trinajstić information content (AvgIpc) is 2.29. The fraction of sp³-hybridized carbons (Fsp3) is 0.0769. The number of hydrogen-bond acceptors (Lipinski definition) is 2. The molecule has 88 valence electrons. The summed E-state index contributed by atoms with van der Waals surface area (Å²) in [4.78, 5) is 21.6. The van der Waals surface area contributed by atoms with Gasteiger partial charge in [0.25, 0.3) is 0 Å². The first-order valence-electron chi connectivity index (χ1n) is 4.93. The van der Waals surface area contributed by atoms with Gasteiger partial charge in [-0.25, -0.2) is 9.59 Å². The van der Waals surface area contributed by atoms with Crippen molar-refractivity contribution in [1.29, 1.82) is 0 Å². The number of aliphatic carboxylic acids is 2. The van der Waals surface area contributed by atoms with Gasteiger partial charge in [0.2, 0.25) is 0 Å². The van der Waals surface area contributed by atoms with Gasteiger partial charge in [-0.3, -0.25) is 0 Å². The minimum absolute atomic E-state index is 0.190. The number of carboxylic acids is 2. The summed E-state index contributed by atoms with van der Waals surface area (Å²) in [7, 11) is 0. The smallest absolute Gasteiger partial charge is 0.336 e. The van der Waals surface area contributed by atoms with Crippen LogP contribution in [0.1, 0.15) is 12.5 Å². The largest absolute Gasteiger partial charge is 0.478 e. The van der Waals surface area contributed by atoms with Crippen LogP contribution in [0.4, 0.5) is 0 Å². The van der Waals surface area contributed by atoms with Crippen molar-refractivity contribution in [3.8, 4) is 0 Å². The topological polar surface area (TPSA) is 74.6 Å². The second-order valence-corrected chi connectivity index (χ2v) is 3.39. The van der Waals surface area contributed by atoms with Crippen molar-refractivity contribution < 1.29 is 19.8 Å². The Hall–Kier alpha value is -2.36. The summed E-state index contributed by atoms with van der Waals surface area (Å²) in [5.74, 6) is -2.49. The van der Waals surface area contributed by atoms with Crippen LogP contribution in [0.25, 0.3) is 6.08 Å². The number of carbonyl (C=O) groups is 2. The van der Waals surface area contributed by atoms with E-state index in [2.05, 4.69) is 0 Å². The first-order valence-corrected chi connectivity index (χ1v) is 4.93. The molecule has 1 aromatic carbocycles. The highest BCUT2D eigenvalue weighted by molar-refractivity contribution is 6.01. The maximum Gasteiger partial charge on any atom is 0.336 e. The van der Waals surface area contributed by atoms with E-state index in [0.29, 0.717) is 0 Å². The molecule has 0 spiro atoms. The molecule has 0 heterocycles. The summed E-state index contributed by atoms with van der Waals surface area (Å²) in [5, 5.41) is 17.6. The van der Waals surface area contributed by atoms with Gasteiger partial charge >= 0.3 is 11.9 Å². The normalized spacial score (nSPS) is 12.3. The van der Waals surface area contributed by atoms with E-state index < -0.39 is 11.9 Å². The monoisotopic (exact) mass is 232 g/mol. The number of benzene rings is 1. The molecule has 1 rings (SSSR count). The van der Waals surface area contributed by atoms with Crippen LogP contribution in [0.5, 0.6) is 0 Å². The van der Waals surface area contributed by atoms with Crippen molar-refractivity contribution in [2.45, 2.75) is 6.92 Å². The molecule has 0 aromatic heterocycles. The first-order chi connectivity index (χ1) is 8.02. The SMILES string of the molecule is C/C(C(=O)O)=C(\C=Cc1ccccc1)C(=O)O. The van der Waals surface area contributed by atoms with Crippen LogP contribution in [0, 0.1) is 0 Å². The van der Waals surface area contributed by atoms with E-state index in [4.69, 9.17) is 10.2 Å². The number of hydrogen-bond donors (Lipinski definition) is 2. The van der Waals surface area contributed by atoms with Crippen molar-refractivity contribution in [3.63, 3.8) is 0 Å². The van der Waals surface area contributed by atoms with E-state index in [1.807, 2.05) is 18.2 Å². The van der Waals surface area contributed by atoms with E-state index in [0.717, 1.165) is 5.56 Å². The van der Waals surface area contributed by atoms with Crippen LogP contribution in [-0.4, -0.2) is 22.2 Å². The Kier molecular flexibility index (Phi) is 4.22. The lowest BCUT2D eigenvalue weighted by molar-refractivity contribution is -0.135. The van der Waals surface area contributed by atoms with Crippen LogP contribution in [0.15, 0.2) is 47.6 Å². The molecular formula is C13H12O4. The minimum Gasteiger partial charge on any atom is -0.478 e. The second-order valence-electron chi connectivity index (χ2n) is 3.39. The Morgan fingerprint density at radius 2 is 1.65 bits per heavy atom. The number of carboxylic acid groups (broad SMARTS) is 2. The number of rotatable bonds is 4. The summed E-state index contributed by atoms with van der Waals surface area (Å²) in [6, 6.07) is 9.06. The van der Waals surface area contributed by atoms with Crippen LogP contribution in [-0.2, 0) is 9.59 Å². The van der Waals surface area contributed by atoms with E-state index in [9.17, 15) is 9.59 Å². The predicted molar refractivity (Wildman–Crippen MR) is 63.4 cm³/mol. The van der Waals surface area contributed by atoms with Gasteiger partial charge in [0.1, 0.15) is 0 Å². The van der Waals surface area contributed by atoms with Crippen LogP contribution < -0.4 is 0 Å². The van der Waals surface area contributed by atoms with Crippen LogP contribution in [0.3, 0.4) is 0 Å². The summed E-state index contributed by atoms with van der Waals surface area (Å²) >= 11 is 0. The van der Waals surface area contributed by atoms with Gasteiger partial charge in [0, 0.05) is 5.57 Å². The highest BCUT2D eigenvalue weighted by atomic mass is 16.4. The van der Waals surface area contributed by atoms with Crippen molar-refractivity contribution in [1.82, 2.24) is 0 Å². The van der Waals surface area contributed by atoms with Gasteiger partial charge in [0.05, 0.1) is 5.57 Å². The summed E-state index contributed by atoms with van der Waals surface area (Å²) in [6.45, 7) is 1.26. The van der Waals surface area contributed by atoms with Crippen molar-refractivity contribution in [2.24, 2.45) is 0 Å². The Morgan fingerprint density at radius 1 is 1.06 bits per heavy atom. The quantitative estimate of drug-likeness (QED) is 0.616. The van der Waals surface area contributed by atoms with Crippen LogP contribution >= 0.6 is 0 Å². The first kappa shape index (κ1) is 12.7. The third-order valence-corrected chi connectivity index (χ3v) is 2.20. The zero-order chi connectivity index (χ0) is 12.8. The van der Waals surface area contributed by atoms with Gasteiger partial charge in [-0.1, -0.05) is 36.4 Å². The average molecular weight is 232 g/mol. The van der Waals surface area contributed by atoms with E-state index in [1.54, 1.807) is 18.2 Å². The molecule has 2 N–H and O–H groups in total. The third-order valence-electron chi connectivity index (χ3n) is 2.20. The molecule has 0 aliphatic rings. The highest BCUT2D eigenvalue weighted by Crippen LogP contribution is 2.10. The van der Waals surface area contributed by atoms with Gasteiger partial charge in [-0.05, 0) is 18.6 Å². The summed E-state index contributed by atoms with van der Waals surface area (Å²) < 4.78 is 0. The van der Waals surface area contributed by atoms with Gasteiger partial charge in [0.15, 0.2) is 0 Å². The third kappa shape index (κ3) is 3.61. The Morgan fingerprint density at radius 3 is 2.12 bits per heavy atom.